The fourth-order valence-electron chi connectivity index (χ4n) is 2.53. The molecule has 98 valence electrons. The van der Waals surface area contributed by atoms with Gasteiger partial charge in [-0.3, -0.25) is 4.79 Å². The van der Waals surface area contributed by atoms with Crippen molar-refractivity contribution in [3.05, 3.63) is 23.8 Å². The fourth-order valence-corrected chi connectivity index (χ4v) is 2.53. The van der Waals surface area contributed by atoms with Gasteiger partial charge in [-0.2, -0.15) is 0 Å². The maximum atomic E-state index is 12.2. The molecule has 0 aliphatic heterocycles. The quantitative estimate of drug-likeness (QED) is 0.806. The van der Waals surface area contributed by atoms with E-state index in [9.17, 15) is 4.79 Å². The zero-order chi connectivity index (χ0) is 13.1. The Morgan fingerprint density at radius 2 is 2.22 bits per heavy atom. The second kappa shape index (κ2) is 5.29. The van der Waals surface area contributed by atoms with Crippen LogP contribution in [0.3, 0.4) is 0 Å². The summed E-state index contributed by atoms with van der Waals surface area (Å²) in [5, 5.41) is 3.06. The molecule has 2 unspecified atom stereocenters. The Hall–Kier alpha value is -1.71. The van der Waals surface area contributed by atoms with E-state index in [0.29, 0.717) is 22.9 Å². The first kappa shape index (κ1) is 12.7. The molecular weight excluding hydrogens is 228 g/mol. The average molecular weight is 248 g/mol. The molecule has 3 N–H and O–H groups in total. The summed E-state index contributed by atoms with van der Waals surface area (Å²) < 4.78 is 5.12. The van der Waals surface area contributed by atoms with Crippen LogP contribution < -0.4 is 15.8 Å². The van der Waals surface area contributed by atoms with Gasteiger partial charge < -0.3 is 15.8 Å². The van der Waals surface area contributed by atoms with Crippen molar-refractivity contribution in [1.29, 1.82) is 0 Å². The smallest absolute Gasteiger partial charge is 0.253 e. The van der Waals surface area contributed by atoms with Crippen LogP contribution in [0.1, 0.15) is 36.5 Å². The molecule has 1 saturated carbocycles. The molecule has 0 radical (unpaired) electrons. The molecule has 18 heavy (non-hydrogen) atoms. The number of amides is 1. The van der Waals surface area contributed by atoms with E-state index < -0.39 is 0 Å². The van der Waals surface area contributed by atoms with Crippen molar-refractivity contribution in [3.8, 4) is 5.75 Å². The number of methoxy groups -OCH3 is 1. The third-order valence-electron chi connectivity index (χ3n) is 3.71. The van der Waals surface area contributed by atoms with Gasteiger partial charge in [-0.15, -0.1) is 0 Å². The molecule has 4 heteroatoms. The minimum Gasteiger partial charge on any atom is -0.495 e. The lowest BCUT2D eigenvalue weighted by Gasteiger charge is -2.18. The van der Waals surface area contributed by atoms with Gasteiger partial charge in [0.15, 0.2) is 0 Å². The van der Waals surface area contributed by atoms with Crippen molar-refractivity contribution in [1.82, 2.24) is 5.32 Å². The highest BCUT2D eigenvalue weighted by Crippen LogP contribution is 2.27. The zero-order valence-corrected chi connectivity index (χ0v) is 10.9. The van der Waals surface area contributed by atoms with Gasteiger partial charge in [0, 0.05) is 6.04 Å². The van der Waals surface area contributed by atoms with Crippen LogP contribution >= 0.6 is 0 Å². The van der Waals surface area contributed by atoms with Crippen LogP contribution in [0, 0.1) is 5.92 Å². The zero-order valence-electron chi connectivity index (χ0n) is 10.9. The normalized spacial score (nSPS) is 22.8. The third-order valence-corrected chi connectivity index (χ3v) is 3.71. The van der Waals surface area contributed by atoms with Crippen LogP contribution in [0.25, 0.3) is 0 Å². The number of hydrogen-bond acceptors (Lipinski definition) is 3. The van der Waals surface area contributed by atoms with Crippen molar-refractivity contribution in [2.24, 2.45) is 5.92 Å². The molecule has 1 fully saturated rings. The Bertz CT molecular complexity index is 445. The van der Waals surface area contributed by atoms with E-state index in [1.807, 2.05) is 0 Å². The van der Waals surface area contributed by atoms with Gasteiger partial charge in [0.25, 0.3) is 5.91 Å². The molecule has 4 nitrogen and oxygen atoms in total. The topological polar surface area (TPSA) is 64.3 Å². The predicted molar refractivity (Wildman–Crippen MR) is 71.7 cm³/mol. The summed E-state index contributed by atoms with van der Waals surface area (Å²) >= 11 is 0. The van der Waals surface area contributed by atoms with Gasteiger partial charge in [-0.1, -0.05) is 19.4 Å². The number of nitrogens with two attached hydrogens (primary N) is 1. The highest BCUT2D eigenvalue weighted by atomic mass is 16.5. The number of hydrogen-bond donors (Lipinski definition) is 2. The second-order valence-corrected chi connectivity index (χ2v) is 4.91. The molecule has 0 bridgehead atoms. The monoisotopic (exact) mass is 248 g/mol. The number of carbonyl (C=O) groups is 1. The maximum Gasteiger partial charge on any atom is 0.253 e. The summed E-state index contributed by atoms with van der Waals surface area (Å²) in [5.74, 6) is 0.980. The van der Waals surface area contributed by atoms with Gasteiger partial charge in [-0.25, -0.2) is 0 Å². The van der Waals surface area contributed by atoms with Crippen molar-refractivity contribution in [2.75, 3.05) is 12.8 Å². The van der Waals surface area contributed by atoms with E-state index >= 15 is 0 Å². The van der Waals surface area contributed by atoms with E-state index in [1.165, 1.54) is 12.8 Å². The summed E-state index contributed by atoms with van der Waals surface area (Å²) in [5.41, 5.74) is 6.82. The molecule has 2 atom stereocenters. The van der Waals surface area contributed by atoms with Gasteiger partial charge in [0.2, 0.25) is 0 Å². The highest BCUT2D eigenvalue weighted by Gasteiger charge is 2.25. The third kappa shape index (κ3) is 2.42. The summed E-state index contributed by atoms with van der Waals surface area (Å²) in [6, 6.07) is 5.53. The van der Waals surface area contributed by atoms with Crippen LogP contribution in [-0.2, 0) is 0 Å². The molecule has 1 aliphatic rings. The van der Waals surface area contributed by atoms with Crippen molar-refractivity contribution in [2.45, 2.75) is 32.2 Å². The van der Waals surface area contributed by atoms with Gasteiger partial charge in [0.05, 0.1) is 18.4 Å². The number of nitrogen functional groups attached to an aromatic ring is 1. The SMILES string of the molecule is COc1cccc(C(=O)NC2CCCC2C)c1N. The molecular formula is C14H20N2O2. The number of ether oxygens (including phenoxy) is 1. The van der Waals surface area contributed by atoms with Crippen LogP contribution in [0.15, 0.2) is 18.2 Å². The molecule has 1 amide bonds. The minimum absolute atomic E-state index is 0.106. The van der Waals surface area contributed by atoms with E-state index in [2.05, 4.69) is 12.2 Å². The van der Waals surface area contributed by atoms with Gasteiger partial charge >= 0.3 is 0 Å². The van der Waals surface area contributed by atoms with E-state index in [1.54, 1.807) is 25.3 Å². The van der Waals surface area contributed by atoms with Crippen LogP contribution in [-0.4, -0.2) is 19.1 Å². The van der Waals surface area contributed by atoms with E-state index in [0.717, 1.165) is 6.42 Å². The summed E-state index contributed by atoms with van der Waals surface area (Å²) in [4.78, 5) is 12.2. The standard InChI is InChI=1S/C14H20N2O2/c1-9-5-3-7-11(9)16-14(17)10-6-4-8-12(18-2)13(10)15/h4,6,8-9,11H,3,5,7,15H2,1-2H3,(H,16,17). The number of rotatable bonds is 3. The minimum atomic E-state index is -0.106. The summed E-state index contributed by atoms with van der Waals surface area (Å²) in [6.07, 6.45) is 3.41. The largest absolute Gasteiger partial charge is 0.495 e. The van der Waals surface area contributed by atoms with Crippen LogP contribution in [0.4, 0.5) is 5.69 Å². The van der Waals surface area contributed by atoms with E-state index in [-0.39, 0.29) is 11.9 Å². The van der Waals surface area contributed by atoms with Crippen LogP contribution in [0.5, 0.6) is 5.75 Å². The first-order valence-corrected chi connectivity index (χ1v) is 6.37. The molecule has 0 spiro atoms. The molecule has 1 aliphatic carbocycles. The van der Waals surface area contributed by atoms with Gasteiger partial charge in [0.1, 0.15) is 5.75 Å². The molecule has 1 aromatic carbocycles. The lowest BCUT2D eigenvalue weighted by atomic mass is 10.1. The molecule has 0 aromatic heterocycles. The van der Waals surface area contributed by atoms with Crippen LogP contribution in [0.2, 0.25) is 0 Å². The average Bonchev–Trinajstić information content (AvgIpc) is 2.75. The lowest BCUT2D eigenvalue weighted by Crippen LogP contribution is -2.36. The number of carbonyl (C=O) groups excluding carboxylic acids is 1. The molecule has 2 rings (SSSR count). The van der Waals surface area contributed by atoms with E-state index in [4.69, 9.17) is 10.5 Å². The van der Waals surface area contributed by atoms with Crippen molar-refractivity contribution in [3.63, 3.8) is 0 Å². The lowest BCUT2D eigenvalue weighted by molar-refractivity contribution is 0.0930. The first-order valence-electron chi connectivity index (χ1n) is 6.37. The molecule has 0 heterocycles. The highest BCUT2D eigenvalue weighted by molar-refractivity contribution is 6.00. The Morgan fingerprint density at radius 3 is 2.83 bits per heavy atom. The number of nitrogens with one attached hydrogen (secondary N) is 1. The Balaban J connectivity index is 2.13. The van der Waals surface area contributed by atoms with Crippen molar-refractivity contribution < 1.29 is 9.53 Å². The maximum absolute atomic E-state index is 12.2. The Labute approximate surface area is 108 Å². The predicted octanol–water partition coefficient (Wildman–Crippen LogP) is 2.20. The number of anilines is 1. The Kier molecular flexibility index (Phi) is 3.75. The summed E-state index contributed by atoms with van der Waals surface area (Å²) in [7, 11) is 1.55. The molecule has 1 aromatic rings. The Morgan fingerprint density at radius 1 is 1.44 bits per heavy atom. The number of para-hydroxylation sites is 1. The van der Waals surface area contributed by atoms with Gasteiger partial charge in [-0.05, 0) is 30.9 Å². The van der Waals surface area contributed by atoms with Crippen molar-refractivity contribution >= 4 is 11.6 Å². The second-order valence-electron chi connectivity index (χ2n) is 4.91. The fraction of sp³-hybridized carbons (Fsp3) is 0.500. The number of benzene rings is 1. The summed E-state index contributed by atoms with van der Waals surface area (Å²) in [6.45, 7) is 2.17. The molecule has 0 saturated heterocycles. The first-order chi connectivity index (χ1) is 8.63.